The Hall–Kier alpha value is -2.82. The predicted molar refractivity (Wildman–Crippen MR) is 92.5 cm³/mol. The number of benzene rings is 2. The molecule has 24 heavy (non-hydrogen) atoms. The van der Waals surface area contributed by atoms with E-state index in [1.165, 1.54) is 7.11 Å². The first-order valence-electron chi connectivity index (χ1n) is 7.65. The van der Waals surface area contributed by atoms with Gasteiger partial charge >= 0.3 is 5.97 Å². The molecule has 2 aromatic carbocycles. The van der Waals surface area contributed by atoms with Crippen LogP contribution in [0, 0.1) is 6.92 Å². The van der Waals surface area contributed by atoms with Crippen LogP contribution < -0.4 is 10.1 Å². The Bertz CT molecular complexity index is 723. The van der Waals surface area contributed by atoms with E-state index < -0.39 is 5.97 Å². The molecule has 5 nitrogen and oxygen atoms in total. The first-order chi connectivity index (χ1) is 11.5. The van der Waals surface area contributed by atoms with Crippen molar-refractivity contribution in [2.45, 2.75) is 19.8 Å². The Morgan fingerprint density at radius 1 is 1.04 bits per heavy atom. The molecule has 126 valence electrons. The largest absolute Gasteiger partial charge is 0.497 e. The molecule has 0 saturated heterocycles. The molecule has 0 bridgehead atoms. The van der Waals surface area contributed by atoms with Crippen LogP contribution in [0.1, 0.15) is 27.9 Å². The van der Waals surface area contributed by atoms with Gasteiger partial charge in [0.15, 0.2) is 0 Å². The third-order valence-corrected chi connectivity index (χ3v) is 3.72. The van der Waals surface area contributed by atoms with Gasteiger partial charge in [-0.15, -0.1) is 0 Å². The number of carbonyl (C=O) groups is 2. The number of hydrogen-bond acceptors (Lipinski definition) is 4. The Balaban J connectivity index is 1.93. The van der Waals surface area contributed by atoms with Crippen LogP contribution in [-0.2, 0) is 16.0 Å². The molecule has 1 N–H and O–H groups in total. The van der Waals surface area contributed by atoms with Gasteiger partial charge in [-0.1, -0.05) is 12.1 Å². The van der Waals surface area contributed by atoms with E-state index >= 15 is 0 Å². The van der Waals surface area contributed by atoms with Crippen LogP contribution in [0.25, 0.3) is 0 Å². The third kappa shape index (κ3) is 4.59. The minimum Gasteiger partial charge on any atom is -0.497 e. The molecule has 0 spiro atoms. The van der Waals surface area contributed by atoms with Gasteiger partial charge in [0.25, 0.3) is 0 Å². The van der Waals surface area contributed by atoms with E-state index in [4.69, 9.17) is 4.74 Å². The summed E-state index contributed by atoms with van der Waals surface area (Å²) in [6.07, 6.45) is 1.03. The van der Waals surface area contributed by atoms with Crippen molar-refractivity contribution >= 4 is 17.6 Å². The molecule has 0 radical (unpaired) electrons. The van der Waals surface area contributed by atoms with Gasteiger partial charge in [-0.05, 0) is 54.8 Å². The average Bonchev–Trinajstić information content (AvgIpc) is 2.61. The van der Waals surface area contributed by atoms with Crippen molar-refractivity contribution in [1.82, 2.24) is 0 Å². The number of ether oxygens (including phenoxy) is 2. The van der Waals surface area contributed by atoms with Gasteiger partial charge in [0.05, 0.1) is 19.8 Å². The Kier molecular flexibility index (Phi) is 5.95. The second-order valence-corrected chi connectivity index (χ2v) is 5.42. The maximum Gasteiger partial charge on any atom is 0.337 e. The highest BCUT2D eigenvalue weighted by Gasteiger charge is 2.10. The van der Waals surface area contributed by atoms with Gasteiger partial charge in [-0.25, -0.2) is 4.79 Å². The quantitative estimate of drug-likeness (QED) is 0.826. The van der Waals surface area contributed by atoms with Crippen molar-refractivity contribution in [3.63, 3.8) is 0 Å². The summed E-state index contributed by atoms with van der Waals surface area (Å²) in [5.74, 6) is 0.333. The Morgan fingerprint density at radius 3 is 2.33 bits per heavy atom. The molecule has 0 aliphatic heterocycles. The second kappa shape index (κ2) is 8.15. The van der Waals surface area contributed by atoms with E-state index in [1.54, 1.807) is 25.3 Å². The monoisotopic (exact) mass is 327 g/mol. The molecular formula is C19H21NO4. The van der Waals surface area contributed by atoms with E-state index in [0.717, 1.165) is 16.9 Å². The van der Waals surface area contributed by atoms with E-state index in [9.17, 15) is 9.59 Å². The van der Waals surface area contributed by atoms with Crippen molar-refractivity contribution in [3.8, 4) is 5.75 Å². The average molecular weight is 327 g/mol. The summed E-state index contributed by atoms with van der Waals surface area (Å²) in [6.45, 7) is 1.84. The minimum atomic E-state index is -0.393. The smallest absolute Gasteiger partial charge is 0.337 e. The fourth-order valence-electron chi connectivity index (χ4n) is 2.31. The number of amides is 1. The number of methoxy groups -OCH3 is 2. The van der Waals surface area contributed by atoms with Crippen molar-refractivity contribution in [1.29, 1.82) is 0 Å². The van der Waals surface area contributed by atoms with Crippen LogP contribution in [0.15, 0.2) is 42.5 Å². The van der Waals surface area contributed by atoms with Gasteiger partial charge in [0, 0.05) is 12.1 Å². The zero-order valence-electron chi connectivity index (χ0n) is 14.1. The van der Waals surface area contributed by atoms with Crippen LogP contribution in [-0.4, -0.2) is 26.1 Å². The highest BCUT2D eigenvalue weighted by atomic mass is 16.5. The standard InChI is InChI=1S/C19H21NO4/c1-13-12-15(19(22)24-3)7-10-17(13)20-18(21)11-6-14-4-8-16(23-2)9-5-14/h4-5,7-10,12H,6,11H2,1-3H3,(H,20,21). The van der Waals surface area contributed by atoms with Crippen molar-refractivity contribution in [3.05, 3.63) is 59.2 Å². The molecule has 0 aliphatic carbocycles. The van der Waals surface area contributed by atoms with Gasteiger partial charge in [-0.3, -0.25) is 4.79 Å². The molecule has 0 unspecified atom stereocenters. The fourth-order valence-corrected chi connectivity index (χ4v) is 2.31. The Labute approximate surface area is 141 Å². The van der Waals surface area contributed by atoms with Gasteiger partial charge in [-0.2, -0.15) is 0 Å². The molecule has 0 saturated carbocycles. The molecule has 0 aliphatic rings. The van der Waals surface area contributed by atoms with Crippen molar-refractivity contribution in [2.75, 3.05) is 19.5 Å². The number of nitrogens with one attached hydrogen (secondary N) is 1. The van der Waals surface area contributed by atoms with Crippen LogP contribution in [0.4, 0.5) is 5.69 Å². The zero-order valence-corrected chi connectivity index (χ0v) is 14.1. The number of aryl methyl sites for hydroxylation is 2. The van der Waals surface area contributed by atoms with Crippen molar-refractivity contribution < 1.29 is 19.1 Å². The maximum absolute atomic E-state index is 12.1. The van der Waals surface area contributed by atoms with Crippen LogP contribution in [0.3, 0.4) is 0 Å². The number of anilines is 1. The predicted octanol–water partition coefficient (Wildman–Crippen LogP) is 3.36. The number of esters is 1. The van der Waals surface area contributed by atoms with Crippen LogP contribution >= 0.6 is 0 Å². The molecule has 0 fully saturated rings. The minimum absolute atomic E-state index is 0.0697. The number of hydrogen-bond donors (Lipinski definition) is 1. The summed E-state index contributed by atoms with van der Waals surface area (Å²) >= 11 is 0. The molecule has 0 aromatic heterocycles. The zero-order chi connectivity index (χ0) is 17.5. The van der Waals surface area contributed by atoms with E-state index in [-0.39, 0.29) is 5.91 Å². The number of rotatable bonds is 6. The van der Waals surface area contributed by atoms with E-state index in [0.29, 0.717) is 24.1 Å². The molecule has 2 rings (SSSR count). The van der Waals surface area contributed by atoms with Crippen molar-refractivity contribution in [2.24, 2.45) is 0 Å². The topological polar surface area (TPSA) is 64.6 Å². The van der Waals surface area contributed by atoms with E-state index in [1.807, 2.05) is 31.2 Å². The van der Waals surface area contributed by atoms with E-state index in [2.05, 4.69) is 10.1 Å². The lowest BCUT2D eigenvalue weighted by Crippen LogP contribution is -2.13. The Morgan fingerprint density at radius 2 is 1.75 bits per heavy atom. The highest BCUT2D eigenvalue weighted by Crippen LogP contribution is 2.18. The third-order valence-electron chi connectivity index (χ3n) is 3.72. The summed E-state index contributed by atoms with van der Waals surface area (Å²) in [6, 6.07) is 12.7. The fraction of sp³-hybridized carbons (Fsp3) is 0.263. The summed E-state index contributed by atoms with van der Waals surface area (Å²) < 4.78 is 9.79. The van der Waals surface area contributed by atoms with Crippen LogP contribution in [0.2, 0.25) is 0 Å². The molecule has 1 amide bonds. The van der Waals surface area contributed by atoms with Gasteiger partial charge < -0.3 is 14.8 Å². The van der Waals surface area contributed by atoms with Gasteiger partial charge in [0.2, 0.25) is 5.91 Å². The number of carbonyl (C=O) groups excluding carboxylic acids is 2. The lowest BCUT2D eigenvalue weighted by molar-refractivity contribution is -0.116. The summed E-state index contributed by atoms with van der Waals surface area (Å²) in [5, 5.41) is 2.87. The normalized spacial score (nSPS) is 10.1. The first-order valence-corrected chi connectivity index (χ1v) is 7.65. The van der Waals surface area contributed by atoms with Crippen LogP contribution in [0.5, 0.6) is 5.75 Å². The molecule has 5 heteroatoms. The maximum atomic E-state index is 12.1. The molecule has 2 aromatic rings. The second-order valence-electron chi connectivity index (χ2n) is 5.42. The lowest BCUT2D eigenvalue weighted by atomic mass is 10.1. The molecule has 0 heterocycles. The summed E-state index contributed by atoms with van der Waals surface area (Å²) in [5.41, 5.74) is 3.05. The van der Waals surface area contributed by atoms with Gasteiger partial charge in [0.1, 0.15) is 5.75 Å². The highest BCUT2D eigenvalue weighted by molar-refractivity contribution is 5.94. The molecule has 0 atom stereocenters. The lowest BCUT2D eigenvalue weighted by Gasteiger charge is -2.10. The molecular weight excluding hydrogens is 306 g/mol. The first kappa shape index (κ1) is 17.5. The summed E-state index contributed by atoms with van der Waals surface area (Å²) in [4.78, 5) is 23.6. The summed E-state index contributed by atoms with van der Waals surface area (Å²) in [7, 11) is 2.96. The SMILES string of the molecule is COC(=O)c1ccc(NC(=O)CCc2ccc(OC)cc2)c(C)c1.